The first-order valence-electron chi connectivity index (χ1n) is 7.53. The van der Waals surface area contributed by atoms with Gasteiger partial charge in [0.05, 0.1) is 20.2 Å². The van der Waals surface area contributed by atoms with E-state index in [1.165, 1.54) is 0 Å². The lowest BCUT2D eigenvalue weighted by Crippen LogP contribution is -2.44. The lowest BCUT2D eigenvalue weighted by atomic mass is 10.2. The summed E-state index contributed by atoms with van der Waals surface area (Å²) in [5.41, 5.74) is 1.16. The third kappa shape index (κ3) is 3.61. The van der Waals surface area contributed by atoms with Crippen LogP contribution in [0.4, 0.5) is 0 Å². The topological polar surface area (TPSA) is 59.3 Å². The first-order valence-corrected chi connectivity index (χ1v) is 7.53. The van der Waals surface area contributed by atoms with Crippen molar-refractivity contribution in [3.8, 4) is 5.75 Å². The van der Waals surface area contributed by atoms with Gasteiger partial charge in [0.1, 0.15) is 5.75 Å². The van der Waals surface area contributed by atoms with E-state index in [4.69, 9.17) is 4.74 Å². The highest BCUT2D eigenvalue weighted by Crippen LogP contribution is 2.13. The summed E-state index contributed by atoms with van der Waals surface area (Å²) in [7, 11) is 3.83. The van der Waals surface area contributed by atoms with Crippen LogP contribution >= 0.6 is 0 Å². The molecule has 0 spiro atoms. The van der Waals surface area contributed by atoms with Gasteiger partial charge in [-0.1, -0.05) is 12.1 Å². The Morgan fingerprint density at radius 1 is 1.05 bits per heavy atom. The molecule has 2 heterocycles. The molecular weight excluding hydrogens is 280 g/mol. The van der Waals surface area contributed by atoms with Crippen molar-refractivity contribution in [2.45, 2.75) is 13.1 Å². The molecule has 2 aromatic rings. The van der Waals surface area contributed by atoms with E-state index in [1.807, 2.05) is 28.9 Å². The van der Waals surface area contributed by atoms with E-state index in [0.717, 1.165) is 49.9 Å². The van der Waals surface area contributed by atoms with Gasteiger partial charge in [0.15, 0.2) is 5.82 Å². The number of hydrogen-bond acceptors (Lipinski definition) is 6. The Hall–Kier alpha value is -1.99. The molecule has 0 N–H and O–H groups in total. The van der Waals surface area contributed by atoms with Crippen LogP contribution in [0.1, 0.15) is 11.4 Å². The summed E-state index contributed by atoms with van der Waals surface area (Å²) in [6, 6.07) is 8.00. The van der Waals surface area contributed by atoms with Gasteiger partial charge in [-0.05, 0) is 35.2 Å². The molecule has 1 fully saturated rings. The Bertz CT molecular complexity index is 588. The Labute approximate surface area is 130 Å². The molecule has 1 aliphatic rings. The van der Waals surface area contributed by atoms with Gasteiger partial charge in [-0.3, -0.25) is 4.90 Å². The fourth-order valence-corrected chi connectivity index (χ4v) is 2.57. The molecule has 1 saturated heterocycles. The molecule has 0 unspecified atom stereocenters. The van der Waals surface area contributed by atoms with E-state index in [1.54, 1.807) is 7.11 Å². The molecule has 0 aliphatic carbocycles. The number of piperazine rings is 1. The second-order valence-corrected chi connectivity index (χ2v) is 5.68. The SMILES string of the molecule is COc1ccc(Cn2nnnc2CN2CCN(C)CC2)cc1. The molecule has 7 heteroatoms. The van der Waals surface area contributed by atoms with E-state index in [0.29, 0.717) is 6.54 Å². The molecule has 0 radical (unpaired) electrons. The first-order chi connectivity index (χ1) is 10.7. The smallest absolute Gasteiger partial charge is 0.165 e. The summed E-state index contributed by atoms with van der Waals surface area (Å²) in [5, 5.41) is 12.1. The predicted molar refractivity (Wildman–Crippen MR) is 82.7 cm³/mol. The number of nitrogens with zero attached hydrogens (tertiary/aromatic N) is 6. The van der Waals surface area contributed by atoms with Gasteiger partial charge in [0.2, 0.25) is 0 Å². The van der Waals surface area contributed by atoms with E-state index >= 15 is 0 Å². The molecule has 22 heavy (non-hydrogen) atoms. The monoisotopic (exact) mass is 302 g/mol. The molecule has 3 rings (SSSR count). The number of aromatic nitrogens is 4. The molecule has 0 saturated carbocycles. The Balaban J connectivity index is 1.63. The first kappa shape index (κ1) is 14.9. The quantitative estimate of drug-likeness (QED) is 0.800. The molecule has 0 amide bonds. The molecule has 118 valence electrons. The van der Waals surface area contributed by atoms with Crippen LogP contribution in [0.3, 0.4) is 0 Å². The van der Waals surface area contributed by atoms with Crippen LogP contribution in [0, 0.1) is 0 Å². The van der Waals surface area contributed by atoms with Crippen molar-refractivity contribution in [1.82, 2.24) is 30.0 Å². The second kappa shape index (κ2) is 6.85. The van der Waals surface area contributed by atoms with Crippen molar-refractivity contribution in [1.29, 1.82) is 0 Å². The average Bonchev–Trinajstić information content (AvgIpc) is 2.97. The molecule has 0 atom stereocenters. The van der Waals surface area contributed by atoms with Crippen LogP contribution in [-0.4, -0.2) is 70.3 Å². The summed E-state index contributed by atoms with van der Waals surface area (Å²) in [4.78, 5) is 4.74. The van der Waals surface area contributed by atoms with E-state index in [-0.39, 0.29) is 0 Å². The highest BCUT2D eigenvalue weighted by Gasteiger charge is 2.17. The van der Waals surface area contributed by atoms with Crippen molar-refractivity contribution in [3.05, 3.63) is 35.7 Å². The third-order valence-corrected chi connectivity index (χ3v) is 4.06. The maximum atomic E-state index is 5.18. The lowest BCUT2D eigenvalue weighted by molar-refractivity contribution is 0.144. The van der Waals surface area contributed by atoms with Gasteiger partial charge in [-0.2, -0.15) is 0 Å². The summed E-state index contributed by atoms with van der Waals surface area (Å²) < 4.78 is 7.05. The number of rotatable bonds is 5. The zero-order chi connectivity index (χ0) is 15.4. The van der Waals surface area contributed by atoms with Gasteiger partial charge >= 0.3 is 0 Å². The number of benzene rings is 1. The van der Waals surface area contributed by atoms with Gasteiger partial charge < -0.3 is 9.64 Å². The molecule has 1 aromatic carbocycles. The van der Waals surface area contributed by atoms with Gasteiger partial charge in [0, 0.05) is 26.2 Å². The normalized spacial score (nSPS) is 16.8. The zero-order valence-electron chi connectivity index (χ0n) is 13.1. The van der Waals surface area contributed by atoms with E-state index in [2.05, 4.69) is 32.4 Å². The maximum Gasteiger partial charge on any atom is 0.165 e. The van der Waals surface area contributed by atoms with E-state index in [9.17, 15) is 0 Å². The average molecular weight is 302 g/mol. The molecule has 0 bridgehead atoms. The molecule has 1 aromatic heterocycles. The summed E-state index contributed by atoms with van der Waals surface area (Å²) in [5.74, 6) is 1.78. The minimum atomic E-state index is 0.681. The minimum absolute atomic E-state index is 0.681. The van der Waals surface area contributed by atoms with Crippen molar-refractivity contribution in [2.24, 2.45) is 0 Å². The van der Waals surface area contributed by atoms with Gasteiger partial charge in [-0.25, -0.2) is 4.68 Å². The van der Waals surface area contributed by atoms with Crippen LogP contribution in [0.25, 0.3) is 0 Å². The zero-order valence-corrected chi connectivity index (χ0v) is 13.1. The fraction of sp³-hybridized carbons (Fsp3) is 0.533. The summed E-state index contributed by atoms with van der Waals surface area (Å²) in [6.45, 7) is 5.80. The highest BCUT2D eigenvalue weighted by molar-refractivity contribution is 5.27. The van der Waals surface area contributed by atoms with Crippen molar-refractivity contribution >= 4 is 0 Å². The van der Waals surface area contributed by atoms with Gasteiger partial charge in [0.25, 0.3) is 0 Å². The Morgan fingerprint density at radius 2 is 1.77 bits per heavy atom. The van der Waals surface area contributed by atoms with Crippen LogP contribution in [0.5, 0.6) is 5.75 Å². The number of ether oxygens (including phenoxy) is 1. The van der Waals surface area contributed by atoms with Crippen LogP contribution in [-0.2, 0) is 13.1 Å². The standard InChI is InChI=1S/C15H22N6O/c1-19-7-9-20(10-8-19)12-15-16-17-18-21(15)11-13-3-5-14(22-2)6-4-13/h3-6H,7-12H2,1-2H3. The second-order valence-electron chi connectivity index (χ2n) is 5.68. The van der Waals surface area contributed by atoms with Crippen LogP contribution in [0.15, 0.2) is 24.3 Å². The maximum absolute atomic E-state index is 5.18. The highest BCUT2D eigenvalue weighted by atomic mass is 16.5. The fourth-order valence-electron chi connectivity index (χ4n) is 2.57. The van der Waals surface area contributed by atoms with E-state index < -0.39 is 0 Å². The summed E-state index contributed by atoms with van der Waals surface area (Å²) in [6.07, 6.45) is 0. The number of methoxy groups -OCH3 is 1. The van der Waals surface area contributed by atoms with Crippen molar-refractivity contribution in [3.63, 3.8) is 0 Å². The Kier molecular flexibility index (Phi) is 4.65. The largest absolute Gasteiger partial charge is 0.497 e. The van der Waals surface area contributed by atoms with Crippen molar-refractivity contribution in [2.75, 3.05) is 40.3 Å². The van der Waals surface area contributed by atoms with Crippen LogP contribution in [0.2, 0.25) is 0 Å². The van der Waals surface area contributed by atoms with Crippen LogP contribution < -0.4 is 4.74 Å². The molecular formula is C15H22N6O. The summed E-state index contributed by atoms with van der Waals surface area (Å²) >= 11 is 0. The molecule has 1 aliphatic heterocycles. The molecule has 7 nitrogen and oxygen atoms in total. The number of hydrogen-bond donors (Lipinski definition) is 0. The number of likely N-dealkylation sites (N-methyl/N-ethyl adjacent to an activating group) is 1. The number of tetrazole rings is 1. The van der Waals surface area contributed by atoms with Gasteiger partial charge in [-0.15, -0.1) is 5.10 Å². The lowest BCUT2D eigenvalue weighted by Gasteiger charge is -2.31. The Morgan fingerprint density at radius 3 is 2.45 bits per heavy atom. The minimum Gasteiger partial charge on any atom is -0.497 e. The predicted octanol–water partition coefficient (Wildman–Crippen LogP) is 0.477. The van der Waals surface area contributed by atoms with Crippen molar-refractivity contribution < 1.29 is 4.74 Å². The third-order valence-electron chi connectivity index (χ3n) is 4.06.